The van der Waals surface area contributed by atoms with Gasteiger partial charge in [-0.3, -0.25) is 4.79 Å². The number of hydrogen-bond acceptors (Lipinski definition) is 2. The van der Waals surface area contributed by atoms with Gasteiger partial charge in [0.2, 0.25) is 5.12 Å². The molecule has 0 atom stereocenters. The Labute approximate surface area is 83.3 Å². The number of hydrogen-bond donors (Lipinski definition) is 0. The van der Waals surface area contributed by atoms with E-state index >= 15 is 0 Å². The van der Waals surface area contributed by atoms with Crippen LogP contribution in [0.1, 0.15) is 15.9 Å². The maximum Gasteiger partial charge on any atom is 0.449 e. The van der Waals surface area contributed by atoms with E-state index in [0.717, 1.165) is 5.56 Å². The minimum atomic E-state index is -4.51. The molecule has 0 aromatic heterocycles. The van der Waals surface area contributed by atoms with Crippen LogP contribution in [0.5, 0.6) is 0 Å². The Balaban J connectivity index is 2.80. The van der Waals surface area contributed by atoms with E-state index in [1.807, 2.05) is 0 Å². The Morgan fingerprint density at radius 2 is 2.00 bits per heavy atom. The zero-order valence-electron chi connectivity index (χ0n) is 7.26. The molecule has 0 aliphatic rings. The summed E-state index contributed by atoms with van der Waals surface area (Å²) in [6.07, 6.45) is 0. The first kappa shape index (κ1) is 11.1. The third-order valence-electron chi connectivity index (χ3n) is 1.46. The SMILES string of the molecule is Cc1cccc(C(=O)SC(F)(F)F)c1. The zero-order chi connectivity index (χ0) is 10.8. The van der Waals surface area contributed by atoms with Crippen LogP contribution in [0.3, 0.4) is 0 Å². The molecule has 0 saturated carbocycles. The summed E-state index contributed by atoms with van der Waals surface area (Å²) in [5.41, 5.74) is -3.67. The summed E-state index contributed by atoms with van der Waals surface area (Å²) < 4.78 is 35.5. The van der Waals surface area contributed by atoms with Gasteiger partial charge in [-0.25, -0.2) is 0 Å². The summed E-state index contributed by atoms with van der Waals surface area (Å²) in [6.45, 7) is 1.72. The second-order valence-corrected chi connectivity index (χ2v) is 3.74. The maximum atomic E-state index is 11.8. The highest BCUT2D eigenvalue weighted by Crippen LogP contribution is 2.32. The van der Waals surface area contributed by atoms with E-state index in [0.29, 0.717) is 0 Å². The average Bonchev–Trinajstić information content (AvgIpc) is 2.01. The van der Waals surface area contributed by atoms with Crippen molar-refractivity contribution in [2.45, 2.75) is 12.4 Å². The molecule has 5 heteroatoms. The van der Waals surface area contributed by atoms with Gasteiger partial charge in [-0.1, -0.05) is 23.8 Å². The molecule has 0 fully saturated rings. The maximum absolute atomic E-state index is 11.8. The van der Waals surface area contributed by atoms with Crippen LogP contribution in [0.2, 0.25) is 0 Å². The van der Waals surface area contributed by atoms with E-state index < -0.39 is 22.4 Å². The van der Waals surface area contributed by atoms with Gasteiger partial charge in [-0.15, -0.1) is 0 Å². The molecule has 1 aromatic carbocycles. The van der Waals surface area contributed by atoms with E-state index in [2.05, 4.69) is 0 Å². The van der Waals surface area contributed by atoms with Crippen LogP contribution >= 0.6 is 11.8 Å². The number of carbonyl (C=O) groups is 1. The number of alkyl halides is 3. The molecular formula is C9H7F3OS. The molecule has 0 radical (unpaired) electrons. The van der Waals surface area contributed by atoms with Crippen LogP contribution in [0.4, 0.5) is 13.2 Å². The lowest BCUT2D eigenvalue weighted by Gasteiger charge is -2.04. The van der Waals surface area contributed by atoms with Crippen LogP contribution in [-0.4, -0.2) is 10.6 Å². The van der Waals surface area contributed by atoms with Crippen molar-refractivity contribution >= 4 is 16.9 Å². The topological polar surface area (TPSA) is 17.1 Å². The molecule has 1 rings (SSSR count). The molecule has 1 aromatic rings. The molecular weight excluding hydrogens is 213 g/mol. The minimum Gasteiger partial charge on any atom is -0.281 e. The molecule has 0 saturated heterocycles. The molecule has 0 N–H and O–H groups in total. The first-order valence-corrected chi connectivity index (χ1v) is 4.57. The van der Waals surface area contributed by atoms with Gasteiger partial charge in [0, 0.05) is 17.3 Å². The monoisotopic (exact) mass is 220 g/mol. The van der Waals surface area contributed by atoms with E-state index in [-0.39, 0.29) is 5.56 Å². The summed E-state index contributed by atoms with van der Waals surface area (Å²) in [5.74, 6) is 0. The van der Waals surface area contributed by atoms with Crippen molar-refractivity contribution in [1.29, 1.82) is 0 Å². The molecule has 0 bridgehead atoms. The van der Waals surface area contributed by atoms with E-state index in [1.54, 1.807) is 19.1 Å². The Bertz CT molecular complexity index is 346. The van der Waals surface area contributed by atoms with Gasteiger partial charge in [0.15, 0.2) is 0 Å². The predicted octanol–water partition coefficient (Wildman–Crippen LogP) is 3.39. The largest absolute Gasteiger partial charge is 0.449 e. The van der Waals surface area contributed by atoms with Gasteiger partial charge in [0.1, 0.15) is 0 Å². The van der Waals surface area contributed by atoms with E-state index in [1.165, 1.54) is 12.1 Å². The molecule has 0 heterocycles. The standard InChI is InChI=1S/C9H7F3OS/c1-6-3-2-4-7(5-6)8(13)14-9(10,11)12/h2-5H,1H3. The van der Waals surface area contributed by atoms with Gasteiger partial charge in [0.25, 0.3) is 0 Å². The van der Waals surface area contributed by atoms with Crippen molar-refractivity contribution in [2.24, 2.45) is 0 Å². The van der Waals surface area contributed by atoms with Gasteiger partial charge in [-0.2, -0.15) is 13.2 Å². The Kier molecular flexibility index (Phi) is 3.21. The number of benzene rings is 1. The smallest absolute Gasteiger partial charge is 0.281 e. The summed E-state index contributed by atoms with van der Waals surface area (Å²) >= 11 is -0.620. The van der Waals surface area contributed by atoms with E-state index in [4.69, 9.17) is 0 Å². The second-order valence-electron chi connectivity index (χ2n) is 2.70. The Morgan fingerprint density at radius 3 is 2.50 bits per heavy atom. The molecule has 0 spiro atoms. The van der Waals surface area contributed by atoms with E-state index in [9.17, 15) is 18.0 Å². The fraction of sp³-hybridized carbons (Fsp3) is 0.222. The number of rotatable bonds is 1. The lowest BCUT2D eigenvalue weighted by Crippen LogP contribution is -2.06. The predicted molar refractivity (Wildman–Crippen MR) is 49.2 cm³/mol. The summed E-state index contributed by atoms with van der Waals surface area (Å²) in [5, 5.41) is -0.971. The third-order valence-corrected chi connectivity index (χ3v) is 2.11. The number of thioether (sulfide) groups is 1. The lowest BCUT2D eigenvalue weighted by atomic mass is 10.2. The molecule has 0 unspecified atom stereocenters. The minimum absolute atomic E-state index is 0.0762. The fourth-order valence-electron chi connectivity index (χ4n) is 0.936. The molecule has 0 aliphatic heterocycles. The zero-order valence-corrected chi connectivity index (χ0v) is 8.08. The van der Waals surface area contributed by atoms with Crippen molar-refractivity contribution in [3.63, 3.8) is 0 Å². The highest BCUT2D eigenvalue weighted by atomic mass is 32.2. The van der Waals surface area contributed by atoms with Crippen LogP contribution in [0.15, 0.2) is 24.3 Å². The van der Waals surface area contributed by atoms with Crippen molar-refractivity contribution < 1.29 is 18.0 Å². The number of halogens is 3. The number of carbonyl (C=O) groups excluding carboxylic acids is 1. The fourth-order valence-corrected chi connectivity index (χ4v) is 1.39. The third kappa shape index (κ3) is 3.41. The summed E-state index contributed by atoms with van der Waals surface area (Å²) in [6, 6.07) is 6.07. The number of aryl methyl sites for hydroxylation is 1. The van der Waals surface area contributed by atoms with Gasteiger partial charge in [-0.05, 0) is 13.0 Å². The summed E-state index contributed by atoms with van der Waals surface area (Å²) in [4.78, 5) is 11.1. The van der Waals surface area contributed by atoms with Gasteiger partial charge in [0.05, 0.1) is 0 Å². The molecule has 0 amide bonds. The molecule has 1 nitrogen and oxygen atoms in total. The van der Waals surface area contributed by atoms with Crippen molar-refractivity contribution in [3.05, 3.63) is 35.4 Å². The quantitative estimate of drug-likeness (QED) is 0.721. The molecule has 14 heavy (non-hydrogen) atoms. The Hall–Kier alpha value is -0.970. The highest BCUT2D eigenvalue weighted by Gasteiger charge is 2.33. The van der Waals surface area contributed by atoms with Crippen LogP contribution < -0.4 is 0 Å². The van der Waals surface area contributed by atoms with Crippen molar-refractivity contribution in [2.75, 3.05) is 0 Å². The van der Waals surface area contributed by atoms with Crippen molar-refractivity contribution in [3.8, 4) is 0 Å². The van der Waals surface area contributed by atoms with Crippen LogP contribution in [-0.2, 0) is 0 Å². The first-order chi connectivity index (χ1) is 6.38. The van der Waals surface area contributed by atoms with Crippen molar-refractivity contribution in [1.82, 2.24) is 0 Å². The van der Waals surface area contributed by atoms with Gasteiger partial charge < -0.3 is 0 Å². The lowest BCUT2D eigenvalue weighted by molar-refractivity contribution is -0.0322. The highest BCUT2D eigenvalue weighted by molar-refractivity contribution is 8.14. The van der Waals surface area contributed by atoms with Crippen LogP contribution in [0.25, 0.3) is 0 Å². The average molecular weight is 220 g/mol. The second kappa shape index (κ2) is 4.04. The first-order valence-electron chi connectivity index (χ1n) is 3.75. The van der Waals surface area contributed by atoms with Crippen LogP contribution in [0, 0.1) is 6.92 Å². The summed E-state index contributed by atoms with van der Waals surface area (Å²) in [7, 11) is 0. The normalized spacial score (nSPS) is 11.4. The molecule has 0 aliphatic carbocycles. The molecule has 76 valence electrons. The van der Waals surface area contributed by atoms with Gasteiger partial charge >= 0.3 is 5.51 Å². The Morgan fingerprint density at radius 1 is 1.36 bits per heavy atom.